The van der Waals surface area contributed by atoms with Gasteiger partial charge in [-0.05, 0) is 61.6 Å². The minimum atomic E-state index is -0.472. The molecule has 0 aliphatic heterocycles. The first-order chi connectivity index (χ1) is 14.2. The SMILES string of the molecule is C=C/C(F)=C(/C)N=C(C)N/N=C\C(=C)/C=C(\C=C[C@H](C)CC)c1c(C)cccc1Cl. The van der Waals surface area contributed by atoms with Crippen LogP contribution < -0.4 is 5.43 Å². The van der Waals surface area contributed by atoms with Gasteiger partial charge in [0, 0.05) is 10.6 Å². The summed E-state index contributed by atoms with van der Waals surface area (Å²) >= 11 is 6.48. The Kier molecular flexibility index (Phi) is 10.8. The summed E-state index contributed by atoms with van der Waals surface area (Å²) in [5.41, 5.74) is 6.70. The smallest absolute Gasteiger partial charge is 0.143 e. The normalized spacial score (nSPS) is 14.8. The lowest BCUT2D eigenvalue weighted by atomic mass is 9.96. The van der Waals surface area contributed by atoms with E-state index in [0.29, 0.717) is 22.3 Å². The first-order valence-electron chi connectivity index (χ1n) is 9.87. The number of nitrogens with zero attached hydrogens (tertiary/aromatic N) is 2. The maximum atomic E-state index is 13.4. The quantitative estimate of drug-likeness (QED) is 0.187. The standard InChI is InChI=1S/C25H31ClFN3/c1-8-17(3)13-14-22(25-19(5)11-10-12-23(25)26)15-18(4)16-28-30-21(7)29-20(6)24(27)9-2/h9-17H,2,4,8H2,1,3,5-7H3,(H,29,30)/b14-13?,22-15+,24-20+,28-16-/t17-/m1/s1. The molecule has 1 N–H and O–H groups in total. The van der Waals surface area contributed by atoms with Crippen LogP contribution in [0.25, 0.3) is 5.57 Å². The molecule has 1 rings (SSSR count). The second-order valence-corrected chi connectivity index (χ2v) is 7.46. The molecule has 30 heavy (non-hydrogen) atoms. The fourth-order valence-electron chi connectivity index (χ4n) is 2.53. The molecular weight excluding hydrogens is 397 g/mol. The highest BCUT2D eigenvalue weighted by molar-refractivity contribution is 6.32. The summed E-state index contributed by atoms with van der Waals surface area (Å²) in [4.78, 5) is 4.09. The first kappa shape index (κ1) is 25.3. The maximum Gasteiger partial charge on any atom is 0.143 e. The van der Waals surface area contributed by atoms with E-state index in [2.05, 4.69) is 54.7 Å². The van der Waals surface area contributed by atoms with Gasteiger partial charge in [0.05, 0.1) is 11.9 Å². The van der Waals surface area contributed by atoms with Crippen LogP contribution in [0.15, 0.2) is 82.9 Å². The van der Waals surface area contributed by atoms with Gasteiger partial charge in [0.25, 0.3) is 0 Å². The molecule has 0 heterocycles. The molecule has 0 aliphatic carbocycles. The van der Waals surface area contributed by atoms with Crippen LogP contribution in [0.2, 0.25) is 5.02 Å². The lowest BCUT2D eigenvalue weighted by Crippen LogP contribution is -2.13. The number of amidine groups is 1. The summed E-state index contributed by atoms with van der Waals surface area (Å²) in [6.45, 7) is 17.1. The molecule has 0 spiro atoms. The minimum absolute atomic E-state index is 0.232. The van der Waals surface area contributed by atoms with Crippen molar-refractivity contribution in [2.45, 2.75) is 41.0 Å². The van der Waals surface area contributed by atoms with Gasteiger partial charge in [-0.2, -0.15) is 5.10 Å². The van der Waals surface area contributed by atoms with Crippen molar-refractivity contribution in [1.29, 1.82) is 0 Å². The van der Waals surface area contributed by atoms with Crippen LogP contribution in [0.5, 0.6) is 0 Å². The van der Waals surface area contributed by atoms with Crippen LogP contribution in [0.4, 0.5) is 4.39 Å². The zero-order valence-electron chi connectivity index (χ0n) is 18.5. The molecule has 0 bridgehead atoms. The molecular formula is C25H31ClFN3. The van der Waals surface area contributed by atoms with Crippen LogP contribution in [0.3, 0.4) is 0 Å². The number of halogens is 2. The van der Waals surface area contributed by atoms with Crippen molar-refractivity contribution in [2.75, 3.05) is 0 Å². The molecule has 0 unspecified atom stereocenters. The predicted octanol–water partition coefficient (Wildman–Crippen LogP) is 7.57. The number of benzene rings is 1. The third-order valence-corrected chi connectivity index (χ3v) is 4.73. The molecule has 0 aromatic heterocycles. The number of nitrogens with one attached hydrogen (secondary N) is 1. The van der Waals surface area contributed by atoms with E-state index in [1.165, 1.54) is 0 Å². The summed E-state index contributed by atoms with van der Waals surface area (Å²) in [6, 6.07) is 5.85. The molecule has 3 nitrogen and oxygen atoms in total. The van der Waals surface area contributed by atoms with Crippen molar-refractivity contribution in [3.8, 4) is 0 Å². The summed E-state index contributed by atoms with van der Waals surface area (Å²) in [5.74, 6) is 0.433. The third-order valence-electron chi connectivity index (χ3n) is 4.42. The van der Waals surface area contributed by atoms with E-state index in [1.54, 1.807) is 20.1 Å². The van der Waals surface area contributed by atoms with Gasteiger partial charge in [-0.3, -0.25) is 5.43 Å². The van der Waals surface area contributed by atoms with E-state index in [9.17, 15) is 4.39 Å². The Balaban J connectivity index is 3.11. The summed E-state index contributed by atoms with van der Waals surface area (Å²) < 4.78 is 13.4. The molecule has 0 aliphatic rings. The fraction of sp³-hybridized carbons (Fsp3) is 0.280. The Bertz CT molecular complexity index is 900. The van der Waals surface area contributed by atoms with Gasteiger partial charge in [0.1, 0.15) is 11.7 Å². The van der Waals surface area contributed by atoms with Gasteiger partial charge in [0.15, 0.2) is 0 Å². The fourth-order valence-corrected chi connectivity index (χ4v) is 2.86. The highest BCUT2D eigenvalue weighted by Gasteiger charge is 2.08. The molecule has 0 amide bonds. The second-order valence-electron chi connectivity index (χ2n) is 7.06. The maximum absolute atomic E-state index is 13.4. The summed E-state index contributed by atoms with van der Waals surface area (Å²) in [6.07, 6.45) is 9.94. The lowest BCUT2D eigenvalue weighted by molar-refractivity contribution is 0.652. The van der Waals surface area contributed by atoms with Crippen LogP contribution in [-0.2, 0) is 0 Å². The molecule has 0 saturated heterocycles. The number of aliphatic imine (C=N–C) groups is 1. The van der Waals surface area contributed by atoms with Crippen molar-refractivity contribution in [3.63, 3.8) is 0 Å². The van der Waals surface area contributed by atoms with Crippen LogP contribution in [0, 0.1) is 12.8 Å². The first-order valence-corrected chi connectivity index (χ1v) is 10.2. The number of hydrogen-bond donors (Lipinski definition) is 1. The van der Waals surface area contributed by atoms with Crippen molar-refractivity contribution in [2.24, 2.45) is 16.0 Å². The largest absolute Gasteiger partial charge is 0.265 e. The molecule has 1 aromatic carbocycles. The summed E-state index contributed by atoms with van der Waals surface area (Å²) in [5, 5.41) is 4.82. The van der Waals surface area contributed by atoms with Crippen molar-refractivity contribution in [3.05, 3.63) is 88.9 Å². The number of allylic oxidation sites excluding steroid dienone is 8. The minimum Gasteiger partial charge on any atom is -0.265 e. The van der Waals surface area contributed by atoms with Crippen molar-refractivity contribution in [1.82, 2.24) is 5.43 Å². The van der Waals surface area contributed by atoms with Gasteiger partial charge in [-0.1, -0.05) is 69.3 Å². The highest BCUT2D eigenvalue weighted by atomic mass is 35.5. The Hall–Kier alpha value is -2.72. The lowest BCUT2D eigenvalue weighted by Gasteiger charge is -2.11. The van der Waals surface area contributed by atoms with E-state index in [4.69, 9.17) is 11.6 Å². The second kappa shape index (κ2) is 12.8. The van der Waals surface area contributed by atoms with Crippen LogP contribution in [-0.4, -0.2) is 12.1 Å². The number of hydrogen-bond acceptors (Lipinski definition) is 2. The zero-order chi connectivity index (χ0) is 22.7. The van der Waals surface area contributed by atoms with Crippen LogP contribution >= 0.6 is 11.6 Å². The molecule has 0 radical (unpaired) electrons. The predicted molar refractivity (Wildman–Crippen MR) is 131 cm³/mol. The molecule has 1 atom stereocenters. The molecule has 1 aromatic rings. The van der Waals surface area contributed by atoms with E-state index in [1.807, 2.05) is 31.2 Å². The Labute approximate surface area is 185 Å². The van der Waals surface area contributed by atoms with Gasteiger partial charge in [-0.25, -0.2) is 9.38 Å². The Morgan fingerprint density at radius 3 is 2.63 bits per heavy atom. The zero-order valence-corrected chi connectivity index (χ0v) is 19.2. The Morgan fingerprint density at radius 2 is 2.03 bits per heavy atom. The van der Waals surface area contributed by atoms with E-state index in [-0.39, 0.29) is 5.70 Å². The van der Waals surface area contributed by atoms with Gasteiger partial charge in [-0.15, -0.1) is 0 Å². The highest BCUT2D eigenvalue weighted by Crippen LogP contribution is 2.29. The van der Waals surface area contributed by atoms with Gasteiger partial charge in [0.2, 0.25) is 0 Å². The Morgan fingerprint density at radius 1 is 1.33 bits per heavy atom. The van der Waals surface area contributed by atoms with Crippen molar-refractivity contribution < 1.29 is 4.39 Å². The van der Waals surface area contributed by atoms with E-state index >= 15 is 0 Å². The van der Waals surface area contributed by atoms with Crippen molar-refractivity contribution >= 4 is 29.2 Å². The monoisotopic (exact) mass is 427 g/mol. The molecule has 160 valence electrons. The van der Waals surface area contributed by atoms with Gasteiger partial charge >= 0.3 is 0 Å². The molecule has 5 heteroatoms. The average Bonchev–Trinajstić information content (AvgIpc) is 2.70. The number of hydrazone groups is 1. The average molecular weight is 428 g/mol. The van der Waals surface area contributed by atoms with Gasteiger partial charge < -0.3 is 0 Å². The number of aryl methyl sites for hydroxylation is 1. The molecule has 0 saturated carbocycles. The third kappa shape index (κ3) is 8.34. The summed E-state index contributed by atoms with van der Waals surface area (Å²) in [7, 11) is 0. The molecule has 0 fully saturated rings. The van der Waals surface area contributed by atoms with Crippen LogP contribution in [0.1, 0.15) is 45.2 Å². The topological polar surface area (TPSA) is 36.8 Å². The van der Waals surface area contributed by atoms with E-state index in [0.717, 1.165) is 29.2 Å². The van der Waals surface area contributed by atoms with E-state index < -0.39 is 5.83 Å². The number of rotatable bonds is 9.